The molecule has 0 radical (unpaired) electrons. The first-order valence-electron chi connectivity index (χ1n) is 4.30. The largest absolute Gasteiger partial charge is 0.115 e. The Hall–Kier alpha value is -1.66. The zero-order valence-electron chi connectivity index (χ0n) is 7.96. The Kier molecular flexibility index (Phi) is 3.18. The molecule has 0 saturated heterocycles. The third-order valence-electron chi connectivity index (χ3n) is 1.53. The second-order valence-electron chi connectivity index (χ2n) is 3.15. The fourth-order valence-corrected chi connectivity index (χ4v) is 0.914. The molecule has 0 bridgehead atoms. The van der Waals surface area contributed by atoms with E-state index in [1.807, 2.05) is 24.3 Å². The van der Waals surface area contributed by atoms with Gasteiger partial charge in [0.05, 0.1) is 0 Å². The quantitative estimate of drug-likeness (QED) is 0.522. The summed E-state index contributed by atoms with van der Waals surface area (Å²) in [6.07, 6.45) is 5.28. The molecule has 0 nitrogen and oxygen atoms in total. The van der Waals surface area contributed by atoms with Gasteiger partial charge in [0.25, 0.3) is 0 Å². The predicted octanol–water partition coefficient (Wildman–Crippen LogP) is 2.68. The van der Waals surface area contributed by atoms with Crippen LogP contribution in [0.1, 0.15) is 25.0 Å². The highest BCUT2D eigenvalue weighted by Gasteiger charge is 1.89. The van der Waals surface area contributed by atoms with Crippen LogP contribution in [0.15, 0.2) is 24.3 Å². The van der Waals surface area contributed by atoms with E-state index in [1.54, 1.807) is 0 Å². The lowest BCUT2D eigenvalue weighted by Crippen LogP contribution is -1.81. The lowest BCUT2D eigenvalue weighted by Gasteiger charge is -1.92. The molecule has 1 rings (SSSR count). The number of rotatable bonds is 0. The van der Waals surface area contributed by atoms with Gasteiger partial charge in [-0.15, -0.1) is 6.42 Å². The van der Waals surface area contributed by atoms with Gasteiger partial charge in [0.2, 0.25) is 0 Å². The molecule has 0 N–H and O–H groups in total. The van der Waals surface area contributed by atoms with Gasteiger partial charge in [-0.05, 0) is 18.2 Å². The first-order chi connectivity index (χ1) is 6.22. The maximum absolute atomic E-state index is 5.28. The molecule has 0 heterocycles. The molecule has 0 unspecified atom stereocenters. The standard InChI is InChI=1S/C13H12/c1-4-12-6-5-7-13(10-12)9-8-11(2)3/h1,5-7,10-11H,2-3H3. The van der Waals surface area contributed by atoms with Crippen LogP contribution in [0.25, 0.3) is 0 Å². The van der Waals surface area contributed by atoms with Crippen molar-refractivity contribution in [2.24, 2.45) is 5.92 Å². The Morgan fingerprint density at radius 3 is 2.54 bits per heavy atom. The van der Waals surface area contributed by atoms with Gasteiger partial charge in [0.15, 0.2) is 0 Å². The van der Waals surface area contributed by atoms with Crippen molar-refractivity contribution in [3.05, 3.63) is 35.4 Å². The predicted molar refractivity (Wildman–Crippen MR) is 56.1 cm³/mol. The summed E-state index contributed by atoms with van der Waals surface area (Å²) in [7, 11) is 0. The summed E-state index contributed by atoms with van der Waals surface area (Å²) in [4.78, 5) is 0. The number of terminal acetylenes is 1. The topological polar surface area (TPSA) is 0 Å². The number of hydrogen-bond acceptors (Lipinski definition) is 0. The van der Waals surface area contributed by atoms with Gasteiger partial charge >= 0.3 is 0 Å². The van der Waals surface area contributed by atoms with Crippen LogP contribution in [-0.2, 0) is 0 Å². The lowest BCUT2D eigenvalue weighted by atomic mass is 10.1. The molecule has 0 aliphatic heterocycles. The molecular formula is C13H12. The Morgan fingerprint density at radius 1 is 1.23 bits per heavy atom. The normalized spacial score (nSPS) is 8.77. The third kappa shape index (κ3) is 3.06. The van der Waals surface area contributed by atoms with Crippen LogP contribution in [-0.4, -0.2) is 0 Å². The number of hydrogen-bond donors (Lipinski definition) is 0. The van der Waals surface area contributed by atoms with E-state index < -0.39 is 0 Å². The summed E-state index contributed by atoms with van der Waals surface area (Å²) in [6, 6.07) is 7.73. The molecule has 0 amide bonds. The van der Waals surface area contributed by atoms with Crippen LogP contribution in [0.4, 0.5) is 0 Å². The molecular weight excluding hydrogens is 156 g/mol. The van der Waals surface area contributed by atoms with Crippen molar-refractivity contribution in [1.29, 1.82) is 0 Å². The van der Waals surface area contributed by atoms with E-state index in [1.165, 1.54) is 0 Å². The van der Waals surface area contributed by atoms with Crippen molar-refractivity contribution < 1.29 is 0 Å². The Balaban J connectivity index is 2.93. The van der Waals surface area contributed by atoms with Gasteiger partial charge in [-0.3, -0.25) is 0 Å². The molecule has 0 fully saturated rings. The Morgan fingerprint density at radius 2 is 1.92 bits per heavy atom. The first kappa shape index (κ1) is 9.43. The minimum absolute atomic E-state index is 0.398. The molecule has 0 atom stereocenters. The lowest BCUT2D eigenvalue weighted by molar-refractivity contribution is 0.866. The summed E-state index contributed by atoms with van der Waals surface area (Å²) in [5, 5.41) is 0. The summed E-state index contributed by atoms with van der Waals surface area (Å²) >= 11 is 0. The van der Waals surface area contributed by atoms with Crippen LogP contribution in [0.2, 0.25) is 0 Å². The van der Waals surface area contributed by atoms with E-state index in [0.29, 0.717) is 5.92 Å². The van der Waals surface area contributed by atoms with Crippen molar-refractivity contribution in [1.82, 2.24) is 0 Å². The monoisotopic (exact) mass is 168 g/mol. The zero-order chi connectivity index (χ0) is 9.68. The molecule has 0 aromatic heterocycles. The first-order valence-corrected chi connectivity index (χ1v) is 4.30. The number of benzene rings is 1. The van der Waals surface area contributed by atoms with E-state index in [0.717, 1.165) is 11.1 Å². The van der Waals surface area contributed by atoms with Crippen molar-refractivity contribution in [3.63, 3.8) is 0 Å². The minimum Gasteiger partial charge on any atom is -0.115 e. The summed E-state index contributed by atoms with van der Waals surface area (Å²) in [5.74, 6) is 9.15. The third-order valence-corrected chi connectivity index (χ3v) is 1.53. The highest BCUT2D eigenvalue weighted by molar-refractivity contribution is 5.42. The fraction of sp³-hybridized carbons (Fsp3) is 0.231. The van der Waals surface area contributed by atoms with E-state index in [-0.39, 0.29) is 0 Å². The van der Waals surface area contributed by atoms with Crippen LogP contribution >= 0.6 is 0 Å². The Labute approximate surface area is 80.0 Å². The van der Waals surface area contributed by atoms with Gasteiger partial charge in [0.1, 0.15) is 0 Å². The highest BCUT2D eigenvalue weighted by atomic mass is 13.9. The fourth-order valence-electron chi connectivity index (χ4n) is 0.914. The summed E-state index contributed by atoms with van der Waals surface area (Å²) < 4.78 is 0. The maximum atomic E-state index is 5.28. The average molecular weight is 168 g/mol. The molecule has 0 spiro atoms. The molecule has 13 heavy (non-hydrogen) atoms. The SMILES string of the molecule is C#Cc1cccc(C#CC(C)C)c1. The van der Waals surface area contributed by atoms with E-state index in [2.05, 4.69) is 31.6 Å². The van der Waals surface area contributed by atoms with Crippen LogP contribution in [0, 0.1) is 30.1 Å². The molecule has 0 saturated carbocycles. The molecule has 0 heteroatoms. The molecule has 1 aromatic carbocycles. The smallest absolute Gasteiger partial charge is 0.0257 e. The molecule has 0 aliphatic carbocycles. The van der Waals surface area contributed by atoms with Gasteiger partial charge in [0, 0.05) is 17.0 Å². The molecule has 64 valence electrons. The van der Waals surface area contributed by atoms with Gasteiger partial charge < -0.3 is 0 Å². The second-order valence-corrected chi connectivity index (χ2v) is 3.15. The van der Waals surface area contributed by atoms with Crippen molar-refractivity contribution in [2.45, 2.75) is 13.8 Å². The Bertz CT molecular complexity index is 380. The zero-order valence-corrected chi connectivity index (χ0v) is 7.96. The maximum Gasteiger partial charge on any atom is 0.0257 e. The van der Waals surface area contributed by atoms with Crippen molar-refractivity contribution in [3.8, 4) is 24.2 Å². The molecule has 0 aliphatic rings. The van der Waals surface area contributed by atoms with Crippen LogP contribution in [0.3, 0.4) is 0 Å². The van der Waals surface area contributed by atoms with E-state index >= 15 is 0 Å². The second kappa shape index (κ2) is 4.39. The van der Waals surface area contributed by atoms with Gasteiger partial charge in [-0.25, -0.2) is 0 Å². The average Bonchev–Trinajstić information content (AvgIpc) is 2.15. The summed E-state index contributed by atoms with van der Waals surface area (Å²) in [5.41, 5.74) is 1.87. The van der Waals surface area contributed by atoms with Crippen molar-refractivity contribution in [2.75, 3.05) is 0 Å². The molecule has 1 aromatic rings. The highest BCUT2D eigenvalue weighted by Crippen LogP contribution is 2.02. The van der Waals surface area contributed by atoms with Crippen LogP contribution in [0.5, 0.6) is 0 Å². The minimum atomic E-state index is 0.398. The van der Waals surface area contributed by atoms with E-state index in [9.17, 15) is 0 Å². The summed E-state index contributed by atoms with van der Waals surface area (Å²) in [6.45, 7) is 4.13. The van der Waals surface area contributed by atoms with Crippen molar-refractivity contribution >= 4 is 0 Å². The van der Waals surface area contributed by atoms with Gasteiger partial charge in [-0.2, -0.15) is 0 Å². The van der Waals surface area contributed by atoms with Crippen LogP contribution < -0.4 is 0 Å². The van der Waals surface area contributed by atoms with Gasteiger partial charge in [-0.1, -0.05) is 37.7 Å². The van der Waals surface area contributed by atoms with E-state index in [4.69, 9.17) is 6.42 Å².